The van der Waals surface area contributed by atoms with Gasteiger partial charge in [0.15, 0.2) is 0 Å². The van der Waals surface area contributed by atoms with Gasteiger partial charge in [0.05, 0.1) is 0 Å². The number of nitrogens with zero attached hydrogens (tertiary/aromatic N) is 1. The van der Waals surface area contributed by atoms with Gasteiger partial charge in [0.1, 0.15) is 25.4 Å². The second-order valence-corrected chi connectivity index (χ2v) is 10.6. The molecule has 0 aliphatic rings. The van der Waals surface area contributed by atoms with Crippen LogP contribution < -0.4 is 16.6 Å². The number of carbonyl (C=O) groups excluding carboxylic acids is 3. The number of carbonyl (C=O) groups is 3. The molecule has 0 aliphatic heterocycles. The number of ether oxygens (including phenoxy) is 3. The number of nitrogens with one attached hydrogen (secondary N) is 2. The number of benzene rings is 1. The predicted molar refractivity (Wildman–Crippen MR) is 136 cm³/mol. The van der Waals surface area contributed by atoms with Crippen LogP contribution in [0.5, 0.6) is 0 Å². The van der Waals surface area contributed by atoms with Crippen LogP contribution in [0.15, 0.2) is 30.5 Å². The number of hydrogen-bond acceptors (Lipinski definition) is 9. The highest BCUT2D eigenvalue weighted by Crippen LogP contribution is 2.20. The molecule has 0 spiro atoms. The van der Waals surface area contributed by atoms with Crippen molar-refractivity contribution >= 4 is 50.6 Å². The first-order chi connectivity index (χ1) is 16.0. The third kappa shape index (κ3) is 12.6. The van der Waals surface area contributed by atoms with Gasteiger partial charge in [-0.15, -0.1) is 0 Å². The van der Waals surface area contributed by atoms with Crippen molar-refractivity contribution in [3.8, 4) is 0 Å². The number of hydrazine groups is 1. The fourth-order valence-corrected chi connectivity index (χ4v) is 4.22. The zero-order valence-corrected chi connectivity index (χ0v) is 21.8. The van der Waals surface area contributed by atoms with Crippen molar-refractivity contribution in [3.63, 3.8) is 0 Å². The Kier molecular flexibility index (Phi) is 13.3. The maximum Gasteiger partial charge on any atom is 0.421 e. The molecular weight excluding hydrogens is 480 g/mol. The minimum atomic E-state index is -0.679. The zero-order valence-electron chi connectivity index (χ0n) is 20.2. The summed E-state index contributed by atoms with van der Waals surface area (Å²) in [5, 5.41) is 3.67. The molecule has 10 nitrogen and oxygen atoms in total. The van der Waals surface area contributed by atoms with E-state index in [9.17, 15) is 14.4 Å². The Morgan fingerprint density at radius 3 is 2.24 bits per heavy atom. The van der Waals surface area contributed by atoms with Crippen molar-refractivity contribution in [3.05, 3.63) is 36.0 Å². The molecule has 0 aliphatic carbocycles. The summed E-state index contributed by atoms with van der Waals surface area (Å²) in [5.41, 5.74) is 3.89. The molecule has 0 unspecified atom stereocenters. The molecule has 0 bridgehead atoms. The third-order valence-electron chi connectivity index (χ3n) is 3.90. The summed E-state index contributed by atoms with van der Waals surface area (Å²) in [6, 6.07) is 8.45. The van der Waals surface area contributed by atoms with Crippen molar-refractivity contribution < 1.29 is 28.6 Å². The van der Waals surface area contributed by atoms with Crippen LogP contribution in [0.3, 0.4) is 0 Å². The van der Waals surface area contributed by atoms with E-state index in [0.29, 0.717) is 11.5 Å². The summed E-state index contributed by atoms with van der Waals surface area (Å²) in [7, 11) is 5.02. The van der Waals surface area contributed by atoms with Gasteiger partial charge < -0.3 is 24.1 Å². The van der Waals surface area contributed by atoms with Gasteiger partial charge in [-0.1, -0.05) is 39.8 Å². The molecule has 12 heteroatoms. The summed E-state index contributed by atoms with van der Waals surface area (Å²) in [4.78, 5) is 33.3. The minimum absolute atomic E-state index is 0.219. The molecule has 1 aromatic carbocycles. The van der Waals surface area contributed by atoms with Crippen LogP contribution in [-0.4, -0.2) is 59.6 Å². The third-order valence-corrected chi connectivity index (χ3v) is 6.24. The van der Waals surface area contributed by atoms with Crippen molar-refractivity contribution in [2.24, 2.45) is 12.9 Å². The lowest BCUT2D eigenvalue weighted by molar-refractivity contribution is -0.141. The number of fused-ring (bicyclic) bond motifs is 1. The lowest BCUT2D eigenvalue weighted by atomic mass is 10.2. The molecule has 2 aromatic rings. The SMILES string of the molecule is CC(C)(C)OC(=O)NCC(=O)OCCSSCCOC(=O)NN.Cc1cn(C)c2ccccc12. The Bertz CT molecular complexity index is 894. The van der Waals surface area contributed by atoms with E-state index >= 15 is 0 Å². The van der Waals surface area contributed by atoms with Crippen LogP contribution in [0.25, 0.3) is 10.9 Å². The Balaban J connectivity index is 0.000000429. The van der Waals surface area contributed by atoms with E-state index in [1.54, 1.807) is 20.8 Å². The quantitative estimate of drug-likeness (QED) is 0.0874. The summed E-state index contributed by atoms with van der Waals surface area (Å²) < 4.78 is 16.7. The number of amides is 2. The van der Waals surface area contributed by atoms with Crippen LogP contribution in [-0.2, 0) is 26.1 Å². The molecule has 2 amide bonds. The van der Waals surface area contributed by atoms with E-state index < -0.39 is 23.8 Å². The second kappa shape index (κ2) is 15.4. The molecule has 1 heterocycles. The molecule has 0 saturated heterocycles. The highest BCUT2D eigenvalue weighted by Gasteiger charge is 2.16. The average Bonchev–Trinajstić information content (AvgIpc) is 3.07. The van der Waals surface area contributed by atoms with E-state index in [1.165, 1.54) is 38.1 Å². The van der Waals surface area contributed by atoms with Gasteiger partial charge in [0.25, 0.3) is 0 Å². The molecule has 1 aromatic heterocycles. The lowest BCUT2D eigenvalue weighted by Crippen LogP contribution is -2.36. The lowest BCUT2D eigenvalue weighted by Gasteiger charge is -2.19. The number of aromatic nitrogens is 1. The Hall–Kier alpha value is -2.57. The molecule has 0 fully saturated rings. The predicted octanol–water partition coefficient (Wildman–Crippen LogP) is 3.52. The number of nitrogens with two attached hydrogens (primary N) is 1. The van der Waals surface area contributed by atoms with E-state index in [4.69, 9.17) is 15.3 Å². The first-order valence-electron chi connectivity index (χ1n) is 10.5. The van der Waals surface area contributed by atoms with Crippen LogP contribution >= 0.6 is 21.6 Å². The molecule has 4 N–H and O–H groups in total. The van der Waals surface area contributed by atoms with Crippen LogP contribution in [0.2, 0.25) is 0 Å². The molecule has 0 radical (unpaired) electrons. The fraction of sp³-hybridized carbons (Fsp3) is 0.500. The standard InChI is InChI=1S/C12H23N3O6S2.C10H11N/c1-12(2,3)21-10(17)14-8-9(16)19-4-6-22-23-7-5-20-11(18)15-13;1-8-7-11(2)10-6-4-3-5-9(8)10/h4-8,13H2,1-3H3,(H,14,17)(H,15,18);3-7H,1-2H3. The zero-order chi connectivity index (χ0) is 25.6. The van der Waals surface area contributed by atoms with Gasteiger partial charge in [0.2, 0.25) is 0 Å². The molecule has 0 atom stereocenters. The number of aryl methyl sites for hydroxylation is 2. The topological polar surface area (TPSA) is 134 Å². The van der Waals surface area contributed by atoms with E-state index in [-0.39, 0.29) is 19.8 Å². The molecule has 190 valence electrons. The maximum atomic E-state index is 11.4. The van der Waals surface area contributed by atoms with Gasteiger partial charge >= 0.3 is 18.2 Å². The highest BCUT2D eigenvalue weighted by atomic mass is 33.1. The van der Waals surface area contributed by atoms with Gasteiger partial charge in [-0.25, -0.2) is 15.4 Å². The molecule has 0 saturated carbocycles. The number of esters is 1. The van der Waals surface area contributed by atoms with E-state index in [1.807, 2.05) is 5.43 Å². The Labute approximate surface area is 208 Å². The summed E-state index contributed by atoms with van der Waals surface area (Å²) >= 11 is 0. The van der Waals surface area contributed by atoms with Gasteiger partial charge in [-0.05, 0) is 39.3 Å². The molecule has 2 rings (SSSR count). The van der Waals surface area contributed by atoms with Crippen molar-refractivity contribution in [2.75, 3.05) is 31.3 Å². The van der Waals surface area contributed by atoms with Crippen LogP contribution in [0.1, 0.15) is 26.3 Å². The van der Waals surface area contributed by atoms with Crippen LogP contribution in [0.4, 0.5) is 9.59 Å². The number of para-hydroxylation sites is 1. The number of rotatable bonds is 9. The Morgan fingerprint density at radius 1 is 1.03 bits per heavy atom. The minimum Gasteiger partial charge on any atom is -0.463 e. The van der Waals surface area contributed by atoms with E-state index in [2.05, 4.69) is 59.1 Å². The summed E-state index contributed by atoms with van der Waals surface area (Å²) in [5.74, 6) is 5.46. The smallest absolute Gasteiger partial charge is 0.421 e. The number of alkyl carbamates (subject to hydrolysis) is 1. The average molecular weight is 515 g/mol. The Morgan fingerprint density at radius 2 is 1.65 bits per heavy atom. The molecule has 34 heavy (non-hydrogen) atoms. The van der Waals surface area contributed by atoms with Gasteiger partial charge in [-0.2, -0.15) is 0 Å². The van der Waals surface area contributed by atoms with Gasteiger partial charge in [0, 0.05) is 35.7 Å². The first-order valence-corrected chi connectivity index (χ1v) is 13.0. The van der Waals surface area contributed by atoms with Crippen molar-refractivity contribution in [2.45, 2.75) is 33.3 Å². The monoisotopic (exact) mass is 514 g/mol. The molecular formula is C22H34N4O6S2. The highest BCUT2D eigenvalue weighted by molar-refractivity contribution is 8.76. The summed E-state index contributed by atoms with van der Waals surface area (Å²) in [6.07, 6.45) is 0.813. The fourth-order valence-electron chi connectivity index (χ4n) is 2.57. The van der Waals surface area contributed by atoms with Gasteiger partial charge in [-0.3, -0.25) is 10.2 Å². The largest absolute Gasteiger partial charge is 0.463 e. The summed E-state index contributed by atoms with van der Waals surface area (Å²) in [6.45, 7) is 7.54. The maximum absolute atomic E-state index is 11.4. The van der Waals surface area contributed by atoms with Crippen molar-refractivity contribution in [1.82, 2.24) is 15.3 Å². The second-order valence-electron chi connectivity index (χ2n) is 7.94. The number of hydrogen-bond donors (Lipinski definition) is 3. The van der Waals surface area contributed by atoms with E-state index in [0.717, 1.165) is 0 Å². The van der Waals surface area contributed by atoms with Crippen LogP contribution in [0, 0.1) is 6.92 Å². The van der Waals surface area contributed by atoms with Crippen molar-refractivity contribution in [1.29, 1.82) is 0 Å². The normalized spacial score (nSPS) is 10.6. The first kappa shape index (κ1) is 29.5.